The predicted octanol–water partition coefficient (Wildman–Crippen LogP) is 19.3. The zero-order chi connectivity index (χ0) is 55.5. The molecule has 16 bridgehead atoms. The minimum absolute atomic E-state index is 0.766. The predicted molar refractivity (Wildman–Crippen MR) is 349 cm³/mol. The number of aromatic nitrogens is 8. The van der Waals surface area contributed by atoms with Crippen LogP contribution in [0, 0.1) is 0 Å². The maximum atomic E-state index is 5.76. The van der Waals surface area contributed by atoms with Crippen LogP contribution in [0.1, 0.15) is 45.6 Å². The second-order valence-electron chi connectivity index (χ2n) is 21.2. The van der Waals surface area contributed by atoms with Crippen LogP contribution in [0.5, 0.6) is 0 Å². The summed E-state index contributed by atoms with van der Waals surface area (Å²) in [6.45, 7) is 0. The Balaban J connectivity index is 1.09. The molecule has 0 saturated heterocycles. The maximum Gasteiger partial charge on any atom is 0.0738 e. The smallest absolute Gasteiger partial charge is 0.0738 e. The number of aromatic amines is 4. The number of H-pyrrole nitrogens is 4. The van der Waals surface area contributed by atoms with Crippen molar-refractivity contribution < 1.29 is 0 Å². The van der Waals surface area contributed by atoms with Gasteiger partial charge in [0.25, 0.3) is 0 Å². The van der Waals surface area contributed by atoms with Crippen LogP contribution in [0.2, 0.25) is 0 Å². The lowest BCUT2D eigenvalue weighted by Crippen LogP contribution is -1.92. The number of rotatable bonds is 7. The van der Waals surface area contributed by atoms with E-state index in [-0.39, 0.29) is 0 Å². The third kappa shape index (κ3) is 8.48. The van der Waals surface area contributed by atoms with Crippen LogP contribution < -0.4 is 0 Å². The van der Waals surface area contributed by atoms with Crippen molar-refractivity contribution in [1.82, 2.24) is 39.9 Å². The molecule has 0 fully saturated rings. The highest BCUT2D eigenvalue weighted by Gasteiger charge is 2.24. The van der Waals surface area contributed by atoms with Gasteiger partial charge in [0.1, 0.15) is 0 Å². The van der Waals surface area contributed by atoms with Gasteiger partial charge in [0, 0.05) is 88.6 Å². The normalized spacial score (nSPS) is 12.3. The van der Waals surface area contributed by atoms with Gasteiger partial charge in [0.15, 0.2) is 0 Å². The Bertz CT molecular complexity index is 4680. The van der Waals surface area contributed by atoms with Crippen molar-refractivity contribution >= 4 is 92.7 Å². The quantitative estimate of drug-likeness (QED) is 0.127. The van der Waals surface area contributed by atoms with E-state index in [0.29, 0.717) is 0 Å². The van der Waals surface area contributed by atoms with Gasteiger partial charge in [-0.2, -0.15) is 0 Å². The molecule has 0 amide bonds. The van der Waals surface area contributed by atoms with Crippen LogP contribution >= 0.6 is 0 Å². The van der Waals surface area contributed by atoms with Crippen molar-refractivity contribution in [2.24, 2.45) is 0 Å². The van der Waals surface area contributed by atoms with Gasteiger partial charge in [-0.3, -0.25) is 0 Å². The summed E-state index contributed by atoms with van der Waals surface area (Å²) in [4.78, 5) is 38.5. The van der Waals surface area contributed by atoms with E-state index in [1.807, 2.05) is 0 Å². The van der Waals surface area contributed by atoms with E-state index in [4.69, 9.17) is 19.9 Å². The average molecular weight is 1080 g/mol. The summed E-state index contributed by atoms with van der Waals surface area (Å²) < 4.78 is 0. The van der Waals surface area contributed by atoms with Crippen molar-refractivity contribution in [2.75, 3.05) is 0 Å². The van der Waals surface area contributed by atoms with Crippen LogP contribution in [0.4, 0.5) is 0 Å². The SMILES string of the molecule is C1=Cc2nc1c(-c1ccccc1)c1ccc([nH]1)c(-c1ccccc1)c1nc(c(-c3c4nc(c(-c5ccccc5)c5ccc([nH]5)c(-c5ccccc5)c5nc(c(-c6ccccc6)c6ccc3[nH]6)C=C5)C=C4)c3ccc([nH]3)c2-c2ccccc2)C=C1. The van der Waals surface area contributed by atoms with E-state index < -0.39 is 0 Å². The second-order valence-corrected chi connectivity index (χ2v) is 21.2. The van der Waals surface area contributed by atoms with Gasteiger partial charge < -0.3 is 19.9 Å². The van der Waals surface area contributed by atoms with Crippen molar-refractivity contribution in [3.63, 3.8) is 0 Å². The van der Waals surface area contributed by atoms with Gasteiger partial charge in [-0.05, 0) is 131 Å². The molecule has 6 aromatic heterocycles. The van der Waals surface area contributed by atoms with E-state index in [1.54, 1.807) is 0 Å². The standard InChI is InChI=1S/C76H50N8/c1-7-19-47(20-8-1)69-53-31-35-57(77-53)71(49-23-11-3-12-24-49)61-39-43-65(81-61)75(66-44-40-62(82-66)72(50-25-13-4-14-26-50)58-36-32-54(69)78-58)76-67-45-41-63(83-67)73(51-27-15-5-16-28-51)59-37-33-55(79-59)70(48-21-9-2-10-22-48)56-34-38-60(80-56)74(52-29-17-6-18-30-52)64-42-46-68(76)84-64/h1-46,77,79,82,84H. The van der Waals surface area contributed by atoms with Crippen molar-refractivity contribution in [2.45, 2.75) is 0 Å². The molecule has 0 atom stereocenters. The summed E-state index contributed by atoms with van der Waals surface area (Å²) >= 11 is 0. The molecule has 0 unspecified atom stereocenters. The molecular formula is C76H50N8. The summed E-state index contributed by atoms with van der Waals surface area (Å²) in [7, 11) is 0. The Kier molecular flexibility index (Phi) is 11.7. The first-order valence-electron chi connectivity index (χ1n) is 28.3. The molecule has 84 heavy (non-hydrogen) atoms. The summed E-state index contributed by atoms with van der Waals surface area (Å²) in [6, 6.07) is 80.6. The average Bonchev–Trinajstić information content (AvgIpc) is 3.33. The molecular weight excluding hydrogens is 1020 g/mol. The first-order valence-corrected chi connectivity index (χ1v) is 28.3. The number of nitrogens with one attached hydrogen (secondary N) is 4. The molecule has 8 heteroatoms. The highest BCUT2D eigenvalue weighted by molar-refractivity contribution is 6.06. The highest BCUT2D eigenvalue weighted by Crippen LogP contribution is 2.43. The molecule has 12 aromatic rings. The van der Waals surface area contributed by atoms with Gasteiger partial charge in [0.2, 0.25) is 0 Å². The molecule has 0 aliphatic carbocycles. The minimum Gasteiger partial charge on any atom is -0.354 e. The minimum atomic E-state index is 0.766. The summed E-state index contributed by atoms with van der Waals surface area (Å²) in [5.74, 6) is 0. The van der Waals surface area contributed by atoms with Crippen LogP contribution in [0.25, 0.3) is 171 Å². The molecule has 4 aliphatic heterocycles. The summed E-state index contributed by atoms with van der Waals surface area (Å²) in [5.41, 5.74) is 27.7. The third-order valence-corrected chi connectivity index (χ3v) is 16.1. The largest absolute Gasteiger partial charge is 0.354 e. The molecule has 0 saturated carbocycles. The summed E-state index contributed by atoms with van der Waals surface area (Å²) in [5, 5.41) is 0. The third-order valence-electron chi connectivity index (χ3n) is 16.1. The second kappa shape index (κ2) is 20.3. The number of nitrogens with zero attached hydrogens (tertiary/aromatic N) is 4. The number of hydrogen-bond donors (Lipinski definition) is 4. The lowest BCUT2D eigenvalue weighted by molar-refractivity contribution is 1.29. The molecule has 10 heterocycles. The van der Waals surface area contributed by atoms with E-state index in [1.165, 1.54) is 0 Å². The van der Waals surface area contributed by atoms with Gasteiger partial charge in [0.05, 0.1) is 45.6 Å². The fourth-order valence-electron chi connectivity index (χ4n) is 12.4. The number of fused-ring (bicyclic) bond motifs is 16. The van der Waals surface area contributed by atoms with Gasteiger partial charge in [-0.15, -0.1) is 0 Å². The van der Waals surface area contributed by atoms with Crippen molar-refractivity contribution in [3.05, 3.63) is 276 Å². The maximum absolute atomic E-state index is 5.76. The fraction of sp³-hybridized carbons (Fsp3) is 0. The van der Waals surface area contributed by atoms with Crippen molar-refractivity contribution in [1.29, 1.82) is 0 Å². The Morgan fingerprint density at radius 2 is 0.298 bits per heavy atom. The molecule has 8 nitrogen and oxygen atoms in total. The van der Waals surface area contributed by atoms with Gasteiger partial charge in [-0.1, -0.05) is 182 Å². The Hall–Kier alpha value is -11.5. The van der Waals surface area contributed by atoms with Crippen LogP contribution in [0.3, 0.4) is 0 Å². The number of benzene rings is 6. The first-order chi connectivity index (χ1) is 41.6. The lowest BCUT2D eigenvalue weighted by atomic mass is 10.0. The van der Waals surface area contributed by atoms with E-state index in [2.05, 4.69) is 299 Å². The van der Waals surface area contributed by atoms with Crippen LogP contribution in [-0.2, 0) is 0 Å². The zero-order valence-electron chi connectivity index (χ0n) is 45.3. The Labute approximate surface area is 484 Å². The monoisotopic (exact) mass is 1070 g/mol. The van der Waals surface area contributed by atoms with Crippen LogP contribution in [0.15, 0.2) is 231 Å². The van der Waals surface area contributed by atoms with E-state index in [0.717, 1.165) is 168 Å². The van der Waals surface area contributed by atoms with Crippen molar-refractivity contribution in [3.8, 4) is 77.9 Å². The Morgan fingerprint density at radius 3 is 0.464 bits per heavy atom. The first kappa shape index (κ1) is 48.4. The zero-order valence-corrected chi connectivity index (χ0v) is 45.3. The van der Waals surface area contributed by atoms with E-state index in [9.17, 15) is 0 Å². The lowest BCUT2D eigenvalue weighted by Gasteiger charge is -2.08. The van der Waals surface area contributed by atoms with Gasteiger partial charge in [-0.25, -0.2) is 19.9 Å². The van der Waals surface area contributed by atoms with Crippen LogP contribution in [-0.4, -0.2) is 39.9 Å². The topological polar surface area (TPSA) is 115 Å². The Morgan fingerprint density at radius 1 is 0.155 bits per heavy atom. The summed E-state index contributed by atoms with van der Waals surface area (Å²) in [6.07, 6.45) is 17.2. The molecule has 0 spiro atoms. The molecule has 4 N–H and O–H groups in total. The number of hydrogen-bond acceptors (Lipinski definition) is 4. The van der Waals surface area contributed by atoms with Gasteiger partial charge >= 0.3 is 0 Å². The van der Waals surface area contributed by atoms with E-state index >= 15 is 0 Å². The molecule has 6 aromatic carbocycles. The molecule has 394 valence electrons. The fourth-order valence-corrected chi connectivity index (χ4v) is 12.4. The molecule has 0 radical (unpaired) electrons. The highest BCUT2D eigenvalue weighted by atomic mass is 14.8. The molecule has 4 aliphatic rings. The molecule has 16 rings (SSSR count).